The van der Waals surface area contributed by atoms with Crippen LogP contribution in [0, 0.1) is 0 Å². The van der Waals surface area contributed by atoms with Crippen LogP contribution in [0.15, 0.2) is 30.3 Å². The number of hydrogen-bond donors (Lipinski definition) is 0. The number of Topliss-reactive ketones (excluding diaryl/α,β-unsaturated/α-hetero) is 1. The molecular formula is C29H54NO4Si+. The quantitative estimate of drug-likeness (QED) is 0.0893. The Labute approximate surface area is 217 Å². The molecule has 0 aliphatic heterocycles. The van der Waals surface area contributed by atoms with Crippen LogP contribution in [-0.2, 0) is 24.6 Å². The minimum atomic E-state index is -2.47. The molecule has 0 bridgehead atoms. The van der Waals surface area contributed by atoms with Gasteiger partial charge in [-0.2, -0.15) is 0 Å². The second-order valence-electron chi connectivity index (χ2n) is 10.3. The molecule has 1 aromatic carbocycles. The highest BCUT2D eigenvalue weighted by atomic mass is 28.4. The van der Waals surface area contributed by atoms with E-state index in [1.54, 1.807) is 0 Å². The summed E-state index contributed by atoms with van der Waals surface area (Å²) in [5.41, 5.74) is 1.38. The maximum absolute atomic E-state index is 12.2. The van der Waals surface area contributed by atoms with Crippen LogP contribution in [-0.4, -0.2) is 59.5 Å². The van der Waals surface area contributed by atoms with Crippen LogP contribution in [0.25, 0.3) is 0 Å². The van der Waals surface area contributed by atoms with Crippen molar-refractivity contribution in [2.24, 2.45) is 0 Å². The third-order valence-electron chi connectivity index (χ3n) is 6.45. The number of carbonyl (C=O) groups is 1. The van der Waals surface area contributed by atoms with Gasteiger partial charge in [0.2, 0.25) is 0 Å². The molecule has 0 aliphatic carbocycles. The van der Waals surface area contributed by atoms with E-state index in [-0.39, 0.29) is 0 Å². The van der Waals surface area contributed by atoms with E-state index in [0.717, 1.165) is 62.1 Å². The summed E-state index contributed by atoms with van der Waals surface area (Å²) in [6.45, 7) is 10.1. The molecule has 1 rings (SSSR count). The predicted molar refractivity (Wildman–Crippen MR) is 148 cm³/mol. The zero-order valence-electron chi connectivity index (χ0n) is 23.5. The summed E-state index contributed by atoms with van der Waals surface area (Å²) < 4.78 is 18.8. The van der Waals surface area contributed by atoms with E-state index in [9.17, 15) is 4.79 Å². The summed E-state index contributed by atoms with van der Waals surface area (Å²) in [4.78, 5) is 12.2. The van der Waals surface area contributed by atoms with Gasteiger partial charge in [-0.25, -0.2) is 0 Å². The topological polar surface area (TPSA) is 44.8 Å². The van der Waals surface area contributed by atoms with Crippen molar-refractivity contribution in [2.75, 3.05) is 40.5 Å². The maximum atomic E-state index is 12.2. The van der Waals surface area contributed by atoms with Crippen molar-refractivity contribution in [3.05, 3.63) is 35.9 Å². The number of hydrogen-bond acceptors (Lipinski definition) is 4. The first kappa shape index (κ1) is 32.0. The van der Waals surface area contributed by atoms with E-state index in [0.29, 0.717) is 25.6 Å². The highest BCUT2D eigenvalue weighted by Gasteiger charge is 2.39. The van der Waals surface area contributed by atoms with Crippen molar-refractivity contribution in [3.63, 3.8) is 0 Å². The molecule has 0 fully saturated rings. The van der Waals surface area contributed by atoms with E-state index >= 15 is 0 Å². The standard InChI is InChI=1S/C29H54NO4Si/c1-6-32-35(33-7-2,34-8-3)26-20-13-11-9-10-12-17-23-29(31)24-18-19-25-30(4,5)27-28-21-15-14-16-22-28/h14-16,21-22H,6-13,17-20,23-27H2,1-5H3/q+1. The molecule has 0 saturated heterocycles. The summed E-state index contributed by atoms with van der Waals surface area (Å²) in [7, 11) is 2.09. The Morgan fingerprint density at radius 1 is 0.714 bits per heavy atom. The number of nitrogens with zero attached hydrogens (tertiary/aromatic N) is 1. The van der Waals surface area contributed by atoms with Gasteiger partial charge in [0.15, 0.2) is 0 Å². The fourth-order valence-corrected chi connectivity index (χ4v) is 7.38. The lowest BCUT2D eigenvalue weighted by atomic mass is 10.0. The largest absolute Gasteiger partial charge is 0.500 e. The lowest BCUT2D eigenvalue weighted by molar-refractivity contribution is -0.903. The van der Waals surface area contributed by atoms with Gasteiger partial charge in [-0.15, -0.1) is 0 Å². The average molecular weight is 509 g/mol. The number of quaternary nitrogens is 1. The van der Waals surface area contributed by atoms with Crippen molar-refractivity contribution < 1.29 is 22.6 Å². The number of rotatable bonds is 23. The molecule has 0 heterocycles. The van der Waals surface area contributed by atoms with Gasteiger partial charge < -0.3 is 17.8 Å². The number of benzene rings is 1. The van der Waals surface area contributed by atoms with Gasteiger partial charge in [0.05, 0.1) is 20.6 Å². The van der Waals surface area contributed by atoms with E-state index < -0.39 is 8.80 Å². The predicted octanol–water partition coefficient (Wildman–Crippen LogP) is 7.17. The first-order valence-electron chi connectivity index (χ1n) is 14.2. The van der Waals surface area contributed by atoms with Crippen molar-refractivity contribution in [3.8, 4) is 0 Å². The van der Waals surface area contributed by atoms with Gasteiger partial charge in [-0.05, 0) is 46.5 Å². The van der Waals surface area contributed by atoms with Gasteiger partial charge in [0.1, 0.15) is 12.3 Å². The smallest absolute Gasteiger partial charge is 0.374 e. The molecule has 0 atom stereocenters. The van der Waals surface area contributed by atoms with E-state index in [1.807, 2.05) is 20.8 Å². The molecule has 0 N–H and O–H groups in total. The Balaban J connectivity index is 2.03. The van der Waals surface area contributed by atoms with Crippen molar-refractivity contribution in [1.29, 1.82) is 0 Å². The molecule has 0 spiro atoms. The summed E-state index contributed by atoms with van der Waals surface area (Å²) >= 11 is 0. The zero-order valence-corrected chi connectivity index (χ0v) is 24.5. The molecule has 0 aliphatic rings. The maximum Gasteiger partial charge on any atom is 0.500 e. The van der Waals surface area contributed by atoms with Crippen LogP contribution in [0.4, 0.5) is 0 Å². The fraction of sp³-hybridized carbons (Fsp3) is 0.759. The highest BCUT2D eigenvalue weighted by molar-refractivity contribution is 6.60. The van der Waals surface area contributed by atoms with Crippen molar-refractivity contribution >= 4 is 14.6 Å². The molecule has 6 heteroatoms. The van der Waals surface area contributed by atoms with Crippen LogP contribution in [0.1, 0.15) is 97.0 Å². The van der Waals surface area contributed by atoms with Gasteiger partial charge in [-0.3, -0.25) is 4.79 Å². The zero-order chi connectivity index (χ0) is 25.8. The number of ketones is 1. The second-order valence-corrected chi connectivity index (χ2v) is 13.0. The van der Waals surface area contributed by atoms with E-state index in [4.69, 9.17) is 13.3 Å². The second kappa shape index (κ2) is 19.1. The van der Waals surface area contributed by atoms with Crippen molar-refractivity contribution in [2.45, 2.75) is 104 Å². The fourth-order valence-electron chi connectivity index (χ4n) is 4.69. The van der Waals surface area contributed by atoms with Gasteiger partial charge >= 0.3 is 8.80 Å². The Morgan fingerprint density at radius 2 is 1.20 bits per heavy atom. The van der Waals surface area contributed by atoms with Crippen LogP contribution in [0.2, 0.25) is 6.04 Å². The Hall–Kier alpha value is -1.05. The Morgan fingerprint density at radius 3 is 1.74 bits per heavy atom. The lowest BCUT2D eigenvalue weighted by Gasteiger charge is -2.30. The van der Waals surface area contributed by atoms with E-state index in [2.05, 4.69) is 44.4 Å². The molecule has 1 aromatic rings. The van der Waals surface area contributed by atoms with Gasteiger partial charge in [-0.1, -0.05) is 62.4 Å². The number of unbranched alkanes of at least 4 members (excludes halogenated alkanes) is 7. The number of carbonyl (C=O) groups excluding carboxylic acids is 1. The van der Waals surface area contributed by atoms with E-state index in [1.165, 1.54) is 37.7 Å². The molecular weight excluding hydrogens is 454 g/mol. The molecule has 0 aromatic heterocycles. The Bertz CT molecular complexity index is 636. The normalized spacial score (nSPS) is 12.3. The van der Waals surface area contributed by atoms with Crippen molar-refractivity contribution in [1.82, 2.24) is 0 Å². The molecule has 0 unspecified atom stereocenters. The average Bonchev–Trinajstić information content (AvgIpc) is 2.82. The Kier molecular flexibility index (Phi) is 17.5. The first-order valence-corrected chi connectivity index (χ1v) is 16.1. The molecule has 35 heavy (non-hydrogen) atoms. The summed E-state index contributed by atoms with van der Waals surface area (Å²) in [6, 6.07) is 11.6. The summed E-state index contributed by atoms with van der Waals surface area (Å²) in [5.74, 6) is 0.447. The third kappa shape index (κ3) is 15.6. The molecule has 5 nitrogen and oxygen atoms in total. The summed E-state index contributed by atoms with van der Waals surface area (Å²) in [6.07, 6.45) is 11.9. The third-order valence-corrected chi connectivity index (χ3v) is 9.61. The van der Waals surface area contributed by atoms with Crippen LogP contribution < -0.4 is 0 Å². The molecule has 0 amide bonds. The van der Waals surface area contributed by atoms with Gasteiger partial charge in [0.25, 0.3) is 0 Å². The van der Waals surface area contributed by atoms with Crippen LogP contribution in [0.3, 0.4) is 0 Å². The molecule has 202 valence electrons. The first-order chi connectivity index (χ1) is 16.9. The van der Waals surface area contributed by atoms with Crippen LogP contribution in [0.5, 0.6) is 0 Å². The lowest BCUT2D eigenvalue weighted by Crippen LogP contribution is -2.45. The van der Waals surface area contributed by atoms with Crippen LogP contribution >= 0.6 is 0 Å². The monoisotopic (exact) mass is 508 g/mol. The van der Waals surface area contributed by atoms with Gasteiger partial charge in [0, 0.05) is 44.3 Å². The SMILES string of the molecule is CCO[Si](CCCCCCCCCC(=O)CCCC[N+](C)(C)Cc1ccccc1)(OCC)OCC. The molecule has 0 saturated carbocycles. The highest BCUT2D eigenvalue weighted by Crippen LogP contribution is 2.21. The molecule has 0 radical (unpaired) electrons. The summed E-state index contributed by atoms with van der Waals surface area (Å²) in [5, 5.41) is 0. The minimum Gasteiger partial charge on any atom is -0.374 e. The minimum absolute atomic E-state index is 0.447.